The largest absolute Gasteiger partial charge is 0.573 e. The van der Waals surface area contributed by atoms with Crippen LogP contribution in [0, 0.1) is 0 Å². The number of phenolic OH excluding ortho intramolecular Hbond substituents is 1. The minimum atomic E-state index is -4.89. The van der Waals surface area contributed by atoms with Crippen LogP contribution in [0.4, 0.5) is 22.0 Å². The SMILES string of the molecule is Oc1ccc(OC(F)(F)F)cc1[C@@H](CC(F)F)N1CCNCC1. The molecule has 0 unspecified atom stereocenters. The molecule has 2 rings (SSSR count). The number of hydrogen-bond acceptors (Lipinski definition) is 4. The second kappa shape index (κ2) is 7.31. The van der Waals surface area contributed by atoms with Gasteiger partial charge in [0.25, 0.3) is 0 Å². The highest BCUT2D eigenvalue weighted by atomic mass is 19.4. The molecule has 1 aliphatic heterocycles. The third-order valence-corrected chi connectivity index (χ3v) is 3.59. The van der Waals surface area contributed by atoms with Gasteiger partial charge in [0.2, 0.25) is 6.43 Å². The summed E-state index contributed by atoms with van der Waals surface area (Å²) in [5.41, 5.74) is 0.00829. The van der Waals surface area contributed by atoms with Crippen molar-refractivity contribution in [1.82, 2.24) is 10.2 Å². The molecule has 0 spiro atoms. The van der Waals surface area contributed by atoms with Crippen molar-refractivity contribution >= 4 is 0 Å². The fraction of sp³-hybridized carbons (Fsp3) is 0.571. The van der Waals surface area contributed by atoms with E-state index in [1.165, 1.54) is 0 Å². The van der Waals surface area contributed by atoms with Gasteiger partial charge in [-0.1, -0.05) is 0 Å². The Balaban J connectivity index is 2.30. The Morgan fingerprint density at radius 1 is 1.22 bits per heavy atom. The number of phenols is 1. The number of alkyl halides is 5. The van der Waals surface area contributed by atoms with Gasteiger partial charge in [-0.15, -0.1) is 13.2 Å². The molecule has 1 fully saturated rings. The van der Waals surface area contributed by atoms with Crippen LogP contribution in [-0.2, 0) is 0 Å². The van der Waals surface area contributed by atoms with Gasteiger partial charge >= 0.3 is 6.36 Å². The maximum atomic E-state index is 12.9. The molecule has 0 aromatic heterocycles. The van der Waals surface area contributed by atoms with E-state index >= 15 is 0 Å². The van der Waals surface area contributed by atoms with Crippen molar-refractivity contribution in [3.8, 4) is 11.5 Å². The highest BCUT2D eigenvalue weighted by Crippen LogP contribution is 2.37. The molecule has 9 heteroatoms. The summed E-state index contributed by atoms with van der Waals surface area (Å²) in [6, 6.07) is 2.06. The Labute approximate surface area is 129 Å². The molecule has 1 atom stereocenters. The summed E-state index contributed by atoms with van der Waals surface area (Å²) >= 11 is 0. The van der Waals surface area contributed by atoms with Crippen LogP contribution in [0.25, 0.3) is 0 Å². The van der Waals surface area contributed by atoms with Crippen molar-refractivity contribution in [1.29, 1.82) is 0 Å². The third kappa shape index (κ3) is 5.21. The Morgan fingerprint density at radius 2 is 1.87 bits per heavy atom. The van der Waals surface area contributed by atoms with Crippen molar-refractivity contribution < 1.29 is 31.8 Å². The van der Waals surface area contributed by atoms with E-state index in [4.69, 9.17) is 0 Å². The first-order chi connectivity index (χ1) is 10.8. The summed E-state index contributed by atoms with van der Waals surface area (Å²) in [6.45, 7) is 2.08. The minimum Gasteiger partial charge on any atom is -0.508 e. The molecule has 1 heterocycles. The lowest BCUT2D eigenvalue weighted by Crippen LogP contribution is -2.45. The van der Waals surface area contributed by atoms with Crippen LogP contribution in [0.5, 0.6) is 11.5 Å². The number of ether oxygens (including phenoxy) is 1. The molecule has 1 saturated heterocycles. The zero-order chi connectivity index (χ0) is 17.0. The van der Waals surface area contributed by atoms with Crippen molar-refractivity contribution in [2.24, 2.45) is 0 Å². The first-order valence-corrected chi connectivity index (χ1v) is 7.08. The smallest absolute Gasteiger partial charge is 0.508 e. The van der Waals surface area contributed by atoms with Gasteiger partial charge in [-0.3, -0.25) is 4.90 Å². The summed E-state index contributed by atoms with van der Waals surface area (Å²) in [5, 5.41) is 13.0. The van der Waals surface area contributed by atoms with Gasteiger partial charge in [0.05, 0.1) is 0 Å². The van der Waals surface area contributed by atoms with Crippen molar-refractivity contribution in [2.75, 3.05) is 26.2 Å². The summed E-state index contributed by atoms with van der Waals surface area (Å²) in [6.07, 6.45) is -8.12. The van der Waals surface area contributed by atoms with Crippen molar-refractivity contribution in [2.45, 2.75) is 25.3 Å². The number of halogens is 5. The van der Waals surface area contributed by atoms with Crippen LogP contribution in [-0.4, -0.2) is 49.0 Å². The normalized spacial score (nSPS) is 18.2. The van der Waals surface area contributed by atoms with Crippen molar-refractivity contribution in [3.05, 3.63) is 23.8 Å². The molecule has 1 aliphatic rings. The monoisotopic (exact) mass is 340 g/mol. The Kier molecular flexibility index (Phi) is 5.64. The van der Waals surface area contributed by atoms with Gasteiger partial charge < -0.3 is 15.2 Å². The Bertz CT molecular complexity index is 518. The van der Waals surface area contributed by atoms with Crippen LogP contribution in [0.3, 0.4) is 0 Å². The first-order valence-electron chi connectivity index (χ1n) is 7.08. The quantitative estimate of drug-likeness (QED) is 0.809. The Morgan fingerprint density at radius 3 is 2.43 bits per heavy atom. The van der Waals surface area contributed by atoms with E-state index in [0.717, 1.165) is 18.2 Å². The number of nitrogens with one attached hydrogen (secondary N) is 1. The van der Waals surface area contributed by atoms with Gasteiger partial charge in [0, 0.05) is 44.2 Å². The van der Waals surface area contributed by atoms with Gasteiger partial charge in [-0.2, -0.15) is 0 Å². The van der Waals surface area contributed by atoms with E-state index in [9.17, 15) is 27.1 Å². The molecule has 2 N–H and O–H groups in total. The fourth-order valence-electron chi connectivity index (χ4n) is 2.63. The molecular formula is C14H17F5N2O2. The predicted octanol–water partition coefficient (Wildman–Crippen LogP) is 2.89. The molecule has 0 amide bonds. The molecular weight excluding hydrogens is 323 g/mol. The van der Waals surface area contributed by atoms with Crippen LogP contribution >= 0.6 is 0 Å². The van der Waals surface area contributed by atoms with Gasteiger partial charge in [0.15, 0.2) is 0 Å². The topological polar surface area (TPSA) is 44.7 Å². The molecule has 1 aromatic carbocycles. The van der Waals surface area contributed by atoms with E-state index in [0.29, 0.717) is 26.2 Å². The van der Waals surface area contributed by atoms with Crippen LogP contribution in [0.15, 0.2) is 18.2 Å². The highest BCUT2D eigenvalue weighted by Gasteiger charge is 2.33. The van der Waals surface area contributed by atoms with E-state index in [1.807, 2.05) is 0 Å². The molecule has 0 saturated carbocycles. The molecule has 23 heavy (non-hydrogen) atoms. The number of aromatic hydroxyl groups is 1. The van der Waals surface area contributed by atoms with Crippen LogP contribution < -0.4 is 10.1 Å². The van der Waals surface area contributed by atoms with E-state index in [1.54, 1.807) is 4.90 Å². The average Bonchev–Trinajstić information content (AvgIpc) is 2.46. The first kappa shape index (κ1) is 17.7. The standard InChI is InChI=1S/C14H17F5N2O2/c15-13(16)8-11(21-5-3-20-4-6-21)10-7-9(1-2-12(10)22)23-14(17,18)19/h1-2,7,11,13,20,22H,3-6,8H2/t11-/m1/s1. The molecule has 4 nitrogen and oxygen atoms in total. The fourth-order valence-corrected chi connectivity index (χ4v) is 2.63. The maximum absolute atomic E-state index is 12.9. The third-order valence-electron chi connectivity index (χ3n) is 3.59. The number of rotatable bonds is 5. The average molecular weight is 340 g/mol. The van der Waals surface area contributed by atoms with E-state index in [2.05, 4.69) is 10.1 Å². The number of benzene rings is 1. The second-order valence-electron chi connectivity index (χ2n) is 5.20. The zero-order valence-corrected chi connectivity index (χ0v) is 12.1. The predicted molar refractivity (Wildman–Crippen MR) is 72.6 cm³/mol. The number of piperazine rings is 1. The van der Waals surface area contributed by atoms with Crippen LogP contribution in [0.1, 0.15) is 18.0 Å². The second-order valence-corrected chi connectivity index (χ2v) is 5.20. The van der Waals surface area contributed by atoms with Gasteiger partial charge in [0.1, 0.15) is 11.5 Å². The molecule has 1 aromatic rings. The summed E-state index contributed by atoms with van der Waals surface area (Å²) in [7, 11) is 0. The lowest BCUT2D eigenvalue weighted by molar-refractivity contribution is -0.274. The molecule has 0 radical (unpaired) electrons. The Hall–Kier alpha value is -1.61. The van der Waals surface area contributed by atoms with E-state index < -0.39 is 31.0 Å². The lowest BCUT2D eigenvalue weighted by Gasteiger charge is -2.35. The number of nitrogens with zero attached hydrogens (tertiary/aromatic N) is 1. The van der Waals surface area contributed by atoms with E-state index in [-0.39, 0.29) is 11.3 Å². The lowest BCUT2D eigenvalue weighted by atomic mass is 10.00. The maximum Gasteiger partial charge on any atom is 0.573 e. The summed E-state index contributed by atoms with van der Waals surface area (Å²) in [4.78, 5) is 1.72. The summed E-state index contributed by atoms with van der Waals surface area (Å²) < 4.78 is 66.5. The minimum absolute atomic E-state index is 0.00829. The highest BCUT2D eigenvalue weighted by molar-refractivity contribution is 5.41. The number of hydrogen-bond donors (Lipinski definition) is 2. The van der Waals surface area contributed by atoms with Gasteiger partial charge in [-0.05, 0) is 18.2 Å². The van der Waals surface area contributed by atoms with Crippen molar-refractivity contribution in [3.63, 3.8) is 0 Å². The molecule has 0 bridgehead atoms. The summed E-state index contributed by atoms with van der Waals surface area (Å²) in [5.74, 6) is -0.872. The molecule has 0 aliphatic carbocycles. The van der Waals surface area contributed by atoms with Crippen LogP contribution in [0.2, 0.25) is 0 Å². The van der Waals surface area contributed by atoms with Gasteiger partial charge in [-0.25, -0.2) is 8.78 Å². The molecule has 130 valence electrons. The zero-order valence-electron chi connectivity index (χ0n) is 12.1.